The number of hydrogen-bond acceptors (Lipinski definition) is 4. The first-order valence-corrected chi connectivity index (χ1v) is 7.01. The van der Waals surface area contributed by atoms with E-state index in [2.05, 4.69) is 20.5 Å². The second kappa shape index (κ2) is 5.54. The first-order valence-electron chi connectivity index (χ1n) is 6.60. The summed E-state index contributed by atoms with van der Waals surface area (Å²) >= 11 is 5.22. The molecule has 1 fully saturated rings. The number of nitrogens with one attached hydrogen (secondary N) is 2. The van der Waals surface area contributed by atoms with Crippen LogP contribution in [0.4, 0.5) is 0 Å². The van der Waals surface area contributed by atoms with E-state index in [0.717, 1.165) is 18.5 Å². The molecule has 0 atom stereocenters. The van der Waals surface area contributed by atoms with Gasteiger partial charge in [-0.05, 0) is 37.2 Å². The molecule has 1 amide bonds. The first kappa shape index (κ1) is 13.0. The summed E-state index contributed by atoms with van der Waals surface area (Å²) in [6.45, 7) is 1.13. The van der Waals surface area contributed by atoms with Crippen LogP contribution >= 0.6 is 12.2 Å². The van der Waals surface area contributed by atoms with Gasteiger partial charge in [-0.15, -0.1) is 0 Å². The van der Waals surface area contributed by atoms with Gasteiger partial charge in [0.25, 0.3) is 0 Å². The van der Waals surface area contributed by atoms with Crippen LogP contribution in [0.25, 0.3) is 11.5 Å². The molecule has 104 valence electrons. The van der Waals surface area contributed by atoms with Crippen LogP contribution in [0, 0.1) is 10.7 Å². The van der Waals surface area contributed by atoms with Gasteiger partial charge in [0, 0.05) is 25.2 Å². The van der Waals surface area contributed by atoms with Gasteiger partial charge in [-0.1, -0.05) is 6.07 Å². The molecule has 20 heavy (non-hydrogen) atoms. The molecule has 2 heterocycles. The molecule has 0 bridgehead atoms. The molecule has 0 saturated heterocycles. The maximum atomic E-state index is 11.6. The number of nitrogens with zero attached hydrogens (tertiary/aromatic N) is 3. The van der Waals surface area contributed by atoms with Crippen LogP contribution in [0.1, 0.15) is 12.8 Å². The van der Waals surface area contributed by atoms with Gasteiger partial charge in [0.1, 0.15) is 5.69 Å². The summed E-state index contributed by atoms with van der Waals surface area (Å²) in [6.07, 6.45) is 3.73. The largest absolute Gasteiger partial charge is 0.354 e. The molecule has 2 N–H and O–H groups in total. The van der Waals surface area contributed by atoms with Crippen LogP contribution in [0.5, 0.6) is 0 Å². The van der Waals surface area contributed by atoms with Gasteiger partial charge >= 0.3 is 0 Å². The van der Waals surface area contributed by atoms with Gasteiger partial charge in [0.05, 0.1) is 0 Å². The number of carbonyl (C=O) groups excluding carboxylic acids is 1. The predicted molar refractivity (Wildman–Crippen MR) is 76.4 cm³/mol. The fourth-order valence-electron chi connectivity index (χ4n) is 2.00. The highest BCUT2D eigenvalue weighted by Gasteiger charge is 2.29. The van der Waals surface area contributed by atoms with E-state index >= 15 is 0 Å². The summed E-state index contributed by atoms with van der Waals surface area (Å²) in [4.78, 5) is 15.9. The zero-order valence-corrected chi connectivity index (χ0v) is 11.7. The van der Waals surface area contributed by atoms with Crippen molar-refractivity contribution in [3.63, 3.8) is 0 Å². The van der Waals surface area contributed by atoms with Gasteiger partial charge in [-0.2, -0.15) is 5.10 Å². The van der Waals surface area contributed by atoms with Crippen molar-refractivity contribution >= 4 is 18.1 Å². The van der Waals surface area contributed by atoms with E-state index in [9.17, 15) is 4.79 Å². The lowest BCUT2D eigenvalue weighted by atomic mass is 10.3. The Balaban J connectivity index is 1.71. The van der Waals surface area contributed by atoms with Gasteiger partial charge in [-0.25, -0.2) is 0 Å². The molecule has 0 aromatic carbocycles. The molecular weight excluding hydrogens is 274 g/mol. The minimum atomic E-state index is 0.138. The fourth-order valence-corrected chi connectivity index (χ4v) is 2.22. The number of aromatic nitrogens is 4. The summed E-state index contributed by atoms with van der Waals surface area (Å²) in [7, 11) is 0. The fraction of sp³-hybridized carbons (Fsp3) is 0.385. The normalized spacial score (nSPS) is 14.2. The molecule has 2 aromatic rings. The Labute approximate surface area is 121 Å². The number of aromatic amines is 1. The highest BCUT2D eigenvalue weighted by Crippen LogP contribution is 2.28. The number of rotatable bonds is 5. The average molecular weight is 289 g/mol. The van der Waals surface area contributed by atoms with Crippen molar-refractivity contribution in [3.8, 4) is 11.5 Å². The molecular formula is C13H15N5OS. The van der Waals surface area contributed by atoms with Crippen LogP contribution in [-0.2, 0) is 11.3 Å². The molecule has 0 aliphatic heterocycles. The van der Waals surface area contributed by atoms with E-state index in [4.69, 9.17) is 12.2 Å². The smallest absolute Gasteiger partial charge is 0.223 e. The summed E-state index contributed by atoms with van der Waals surface area (Å²) in [5.74, 6) is 1.05. The van der Waals surface area contributed by atoms with Gasteiger partial charge in [-0.3, -0.25) is 19.4 Å². The predicted octanol–water partition coefficient (Wildman–Crippen LogP) is 1.53. The summed E-state index contributed by atoms with van der Waals surface area (Å²) in [5, 5.41) is 9.89. The zero-order valence-electron chi connectivity index (χ0n) is 10.9. The molecule has 1 saturated carbocycles. The van der Waals surface area contributed by atoms with E-state index in [-0.39, 0.29) is 11.8 Å². The van der Waals surface area contributed by atoms with Crippen molar-refractivity contribution in [1.82, 2.24) is 25.1 Å². The average Bonchev–Trinajstić information content (AvgIpc) is 3.26. The number of H-pyrrole nitrogens is 1. The van der Waals surface area contributed by atoms with Crippen molar-refractivity contribution in [1.29, 1.82) is 0 Å². The first-order chi connectivity index (χ1) is 9.75. The van der Waals surface area contributed by atoms with Crippen molar-refractivity contribution in [2.45, 2.75) is 19.4 Å². The van der Waals surface area contributed by atoms with E-state index in [1.165, 1.54) is 0 Å². The molecule has 2 aromatic heterocycles. The standard InChI is InChI=1S/C13H15N5OS/c19-12(9-4-5-9)15-7-8-18-11(16-17-13(18)20)10-3-1-2-6-14-10/h1-3,6,9H,4-5,7-8H2,(H,15,19)(H,17,20). The molecule has 1 aliphatic rings. The van der Waals surface area contributed by atoms with Crippen LogP contribution in [0.2, 0.25) is 0 Å². The Kier molecular flexibility index (Phi) is 3.60. The number of hydrogen-bond donors (Lipinski definition) is 2. The lowest BCUT2D eigenvalue weighted by molar-refractivity contribution is -0.122. The lowest BCUT2D eigenvalue weighted by Gasteiger charge is -2.07. The van der Waals surface area contributed by atoms with E-state index in [1.807, 2.05) is 22.8 Å². The zero-order chi connectivity index (χ0) is 13.9. The minimum Gasteiger partial charge on any atom is -0.354 e. The third kappa shape index (κ3) is 2.77. The van der Waals surface area contributed by atoms with Crippen molar-refractivity contribution < 1.29 is 4.79 Å². The maximum absolute atomic E-state index is 11.6. The van der Waals surface area contributed by atoms with Crippen LogP contribution in [0.15, 0.2) is 24.4 Å². The second-order valence-electron chi connectivity index (χ2n) is 4.78. The Bertz CT molecular complexity index is 659. The van der Waals surface area contributed by atoms with Gasteiger partial charge in [0.2, 0.25) is 5.91 Å². The van der Waals surface area contributed by atoms with Crippen LogP contribution in [0.3, 0.4) is 0 Å². The van der Waals surface area contributed by atoms with Crippen molar-refractivity contribution in [2.24, 2.45) is 5.92 Å². The maximum Gasteiger partial charge on any atom is 0.223 e. The summed E-state index contributed by atoms with van der Waals surface area (Å²) in [6, 6.07) is 5.63. The molecule has 6 nitrogen and oxygen atoms in total. The lowest BCUT2D eigenvalue weighted by Crippen LogP contribution is -2.28. The Hall–Kier alpha value is -2.02. The van der Waals surface area contributed by atoms with E-state index in [0.29, 0.717) is 23.7 Å². The van der Waals surface area contributed by atoms with Crippen LogP contribution in [-0.4, -0.2) is 32.2 Å². The topological polar surface area (TPSA) is 75.6 Å². The highest BCUT2D eigenvalue weighted by atomic mass is 32.1. The van der Waals surface area contributed by atoms with E-state index in [1.54, 1.807) is 6.20 Å². The Morgan fingerprint density at radius 1 is 1.50 bits per heavy atom. The Morgan fingerprint density at radius 2 is 2.35 bits per heavy atom. The number of carbonyl (C=O) groups is 1. The highest BCUT2D eigenvalue weighted by molar-refractivity contribution is 7.71. The summed E-state index contributed by atoms with van der Waals surface area (Å²) in [5.41, 5.74) is 0.758. The third-order valence-electron chi connectivity index (χ3n) is 3.24. The number of amides is 1. The molecule has 0 radical (unpaired) electrons. The summed E-state index contributed by atoms with van der Waals surface area (Å²) < 4.78 is 2.39. The molecule has 0 spiro atoms. The minimum absolute atomic E-state index is 0.138. The SMILES string of the molecule is O=C(NCCn1c(-c2ccccn2)n[nH]c1=S)C1CC1. The quantitative estimate of drug-likeness (QED) is 0.819. The second-order valence-corrected chi connectivity index (χ2v) is 5.17. The Morgan fingerprint density at radius 3 is 3.05 bits per heavy atom. The van der Waals surface area contributed by atoms with Gasteiger partial charge < -0.3 is 5.32 Å². The number of pyridine rings is 1. The molecule has 0 unspecified atom stereocenters. The van der Waals surface area contributed by atoms with Gasteiger partial charge in [0.15, 0.2) is 10.6 Å². The monoisotopic (exact) mass is 289 g/mol. The van der Waals surface area contributed by atoms with Crippen molar-refractivity contribution in [3.05, 3.63) is 29.2 Å². The van der Waals surface area contributed by atoms with Crippen LogP contribution < -0.4 is 5.32 Å². The van der Waals surface area contributed by atoms with E-state index < -0.39 is 0 Å². The molecule has 7 heteroatoms. The molecule has 3 rings (SSSR count). The third-order valence-corrected chi connectivity index (χ3v) is 3.55. The van der Waals surface area contributed by atoms with Crippen molar-refractivity contribution in [2.75, 3.05) is 6.54 Å². The molecule has 1 aliphatic carbocycles.